The Labute approximate surface area is 256 Å². The average molecular weight is 620 g/mol. The predicted octanol–water partition coefficient (Wildman–Crippen LogP) is 1.97. The summed E-state index contributed by atoms with van der Waals surface area (Å²) in [5.74, 6) is 0.772. The molecular weight excluding hydrogens is 566 g/mol. The second-order valence-electron chi connectivity index (χ2n) is 8.58. The van der Waals surface area contributed by atoms with E-state index in [4.69, 9.17) is 62.6 Å². The number of ether oxygens (including phenoxy) is 12. The van der Waals surface area contributed by atoms with E-state index in [2.05, 4.69) is 6.58 Å². The molecule has 0 saturated carbocycles. The molecule has 0 aromatic heterocycles. The normalized spacial score (nSPS) is 11.2. The first-order valence-electron chi connectivity index (χ1n) is 14.8. The molecule has 250 valence electrons. The molecule has 0 radical (unpaired) electrons. The maximum atomic E-state index is 5.64. The molecule has 1 aromatic rings. The van der Waals surface area contributed by atoms with Crippen molar-refractivity contribution >= 4 is 5.69 Å². The van der Waals surface area contributed by atoms with Crippen LogP contribution in [0.1, 0.15) is 0 Å². The van der Waals surface area contributed by atoms with Gasteiger partial charge in [-0.15, -0.1) is 0 Å². The number of hydrogen-bond donors (Lipinski definition) is 1. The second kappa shape index (κ2) is 32.9. The summed E-state index contributed by atoms with van der Waals surface area (Å²) < 4.78 is 64.9. The summed E-state index contributed by atoms with van der Waals surface area (Å²) in [7, 11) is 0. The standard InChI is InChI=1S/C30H53NO12/c1-2-32-7-8-33-9-10-34-11-12-35-13-14-36-15-16-37-17-18-38-19-20-39-21-22-40-23-24-41-25-26-42-27-28-43-30-5-3-29(31)4-6-30/h2-6H,1,7-28,31H2. The minimum absolute atomic E-state index is 0.475. The number of hydrogen-bond acceptors (Lipinski definition) is 13. The maximum absolute atomic E-state index is 5.64. The van der Waals surface area contributed by atoms with Crippen LogP contribution in [0.15, 0.2) is 37.1 Å². The Bertz CT molecular complexity index is 698. The molecule has 0 fully saturated rings. The molecule has 43 heavy (non-hydrogen) atoms. The van der Waals surface area contributed by atoms with Crippen molar-refractivity contribution in [3.63, 3.8) is 0 Å². The summed E-state index contributed by atoms with van der Waals surface area (Å²) in [5, 5.41) is 0. The Kier molecular flexibility index (Phi) is 29.8. The molecule has 0 aliphatic rings. The Hall–Kier alpha value is -2.04. The molecule has 0 amide bonds. The fraction of sp³-hybridized carbons (Fsp3) is 0.733. The predicted molar refractivity (Wildman–Crippen MR) is 161 cm³/mol. The van der Waals surface area contributed by atoms with Crippen molar-refractivity contribution in [3.8, 4) is 5.75 Å². The largest absolute Gasteiger partial charge is 0.499 e. The minimum atomic E-state index is 0.475. The van der Waals surface area contributed by atoms with E-state index in [1.165, 1.54) is 6.26 Å². The van der Waals surface area contributed by atoms with Gasteiger partial charge in [-0.05, 0) is 24.3 Å². The van der Waals surface area contributed by atoms with E-state index in [0.29, 0.717) is 151 Å². The smallest absolute Gasteiger partial charge is 0.119 e. The van der Waals surface area contributed by atoms with E-state index in [1.54, 1.807) is 12.1 Å². The van der Waals surface area contributed by atoms with Crippen molar-refractivity contribution in [1.82, 2.24) is 0 Å². The summed E-state index contributed by atoms with van der Waals surface area (Å²) in [6.07, 6.45) is 1.40. The van der Waals surface area contributed by atoms with E-state index in [1.807, 2.05) is 12.1 Å². The molecule has 0 saturated heterocycles. The van der Waals surface area contributed by atoms with Crippen LogP contribution in [-0.4, -0.2) is 145 Å². The second-order valence-corrected chi connectivity index (χ2v) is 8.58. The van der Waals surface area contributed by atoms with E-state index in [-0.39, 0.29) is 0 Å². The molecule has 0 spiro atoms. The van der Waals surface area contributed by atoms with Gasteiger partial charge < -0.3 is 62.6 Å². The van der Waals surface area contributed by atoms with Gasteiger partial charge >= 0.3 is 0 Å². The first-order valence-corrected chi connectivity index (χ1v) is 14.8. The van der Waals surface area contributed by atoms with Gasteiger partial charge in [0.05, 0.1) is 138 Å². The van der Waals surface area contributed by atoms with Gasteiger partial charge in [0.2, 0.25) is 0 Å². The van der Waals surface area contributed by atoms with Gasteiger partial charge in [0.15, 0.2) is 0 Å². The lowest BCUT2D eigenvalue weighted by atomic mass is 10.3. The van der Waals surface area contributed by atoms with Crippen molar-refractivity contribution in [3.05, 3.63) is 37.1 Å². The van der Waals surface area contributed by atoms with Crippen molar-refractivity contribution in [2.45, 2.75) is 0 Å². The molecule has 0 heterocycles. The number of rotatable bonds is 35. The fourth-order valence-corrected chi connectivity index (χ4v) is 3.05. The lowest BCUT2D eigenvalue weighted by Crippen LogP contribution is -2.15. The number of nitrogens with two attached hydrogens (primary N) is 1. The SMILES string of the molecule is C=COCCOCCOCCOCCOCCOCCOCCOCCOCCOCCOCCOc1ccc(N)cc1. The molecule has 0 bridgehead atoms. The molecule has 0 aliphatic carbocycles. The summed E-state index contributed by atoms with van der Waals surface area (Å²) in [6.45, 7) is 14.7. The van der Waals surface area contributed by atoms with Gasteiger partial charge in [0, 0.05) is 5.69 Å². The van der Waals surface area contributed by atoms with Crippen molar-refractivity contribution in [1.29, 1.82) is 0 Å². The number of benzene rings is 1. The van der Waals surface area contributed by atoms with Gasteiger partial charge in [-0.3, -0.25) is 0 Å². The van der Waals surface area contributed by atoms with Crippen LogP contribution in [0, 0.1) is 0 Å². The van der Waals surface area contributed by atoms with Crippen molar-refractivity contribution < 1.29 is 56.8 Å². The van der Waals surface area contributed by atoms with E-state index >= 15 is 0 Å². The molecule has 13 heteroatoms. The van der Waals surface area contributed by atoms with Gasteiger partial charge in [0.25, 0.3) is 0 Å². The van der Waals surface area contributed by atoms with Crippen LogP contribution < -0.4 is 10.5 Å². The lowest BCUT2D eigenvalue weighted by Gasteiger charge is -2.09. The van der Waals surface area contributed by atoms with Crippen LogP contribution in [-0.2, 0) is 52.1 Å². The monoisotopic (exact) mass is 619 g/mol. The van der Waals surface area contributed by atoms with E-state index in [9.17, 15) is 0 Å². The summed E-state index contributed by atoms with van der Waals surface area (Å²) >= 11 is 0. The third kappa shape index (κ3) is 29.8. The highest BCUT2D eigenvalue weighted by molar-refractivity contribution is 5.41. The highest BCUT2D eigenvalue weighted by Crippen LogP contribution is 2.12. The summed E-state index contributed by atoms with van der Waals surface area (Å²) in [5.41, 5.74) is 6.35. The topological polar surface area (TPSA) is 137 Å². The number of nitrogen functional groups attached to an aromatic ring is 1. The van der Waals surface area contributed by atoms with Crippen LogP contribution in [0.25, 0.3) is 0 Å². The molecule has 0 unspecified atom stereocenters. The van der Waals surface area contributed by atoms with Crippen LogP contribution in [0.5, 0.6) is 5.75 Å². The molecular formula is C30H53NO12. The Morgan fingerprint density at radius 2 is 0.651 bits per heavy atom. The lowest BCUT2D eigenvalue weighted by molar-refractivity contribution is -0.0271. The molecule has 0 aliphatic heterocycles. The van der Waals surface area contributed by atoms with Crippen LogP contribution in [0.2, 0.25) is 0 Å². The van der Waals surface area contributed by atoms with Crippen molar-refractivity contribution in [2.75, 3.05) is 151 Å². The first-order chi connectivity index (χ1) is 21.3. The van der Waals surface area contributed by atoms with Crippen LogP contribution in [0.4, 0.5) is 5.69 Å². The first kappa shape index (κ1) is 39.0. The third-order valence-corrected chi connectivity index (χ3v) is 5.19. The third-order valence-electron chi connectivity index (χ3n) is 5.19. The highest BCUT2D eigenvalue weighted by Gasteiger charge is 1.97. The molecule has 1 rings (SSSR count). The molecule has 13 nitrogen and oxygen atoms in total. The quantitative estimate of drug-likeness (QED) is 0.0674. The minimum Gasteiger partial charge on any atom is -0.499 e. The number of anilines is 1. The Morgan fingerprint density at radius 3 is 0.930 bits per heavy atom. The zero-order chi connectivity index (χ0) is 30.7. The fourth-order valence-electron chi connectivity index (χ4n) is 3.05. The maximum Gasteiger partial charge on any atom is 0.119 e. The molecule has 0 atom stereocenters. The highest BCUT2D eigenvalue weighted by atomic mass is 16.6. The Balaban J connectivity index is 1.63. The van der Waals surface area contributed by atoms with E-state index < -0.39 is 0 Å². The average Bonchev–Trinajstić information content (AvgIpc) is 3.02. The van der Waals surface area contributed by atoms with Gasteiger partial charge in [-0.2, -0.15) is 0 Å². The van der Waals surface area contributed by atoms with Crippen molar-refractivity contribution in [2.24, 2.45) is 0 Å². The molecule has 1 aromatic carbocycles. The molecule has 2 N–H and O–H groups in total. The zero-order valence-corrected chi connectivity index (χ0v) is 25.6. The van der Waals surface area contributed by atoms with Gasteiger partial charge in [0.1, 0.15) is 19.0 Å². The van der Waals surface area contributed by atoms with Gasteiger partial charge in [-0.25, -0.2) is 0 Å². The van der Waals surface area contributed by atoms with Gasteiger partial charge in [-0.1, -0.05) is 6.58 Å². The zero-order valence-electron chi connectivity index (χ0n) is 25.6. The Morgan fingerprint density at radius 1 is 0.395 bits per heavy atom. The van der Waals surface area contributed by atoms with Crippen LogP contribution >= 0.6 is 0 Å². The van der Waals surface area contributed by atoms with Crippen LogP contribution in [0.3, 0.4) is 0 Å². The van der Waals surface area contributed by atoms with E-state index in [0.717, 1.165) is 5.75 Å². The summed E-state index contributed by atoms with van der Waals surface area (Å²) in [6, 6.07) is 7.26. The summed E-state index contributed by atoms with van der Waals surface area (Å²) in [4.78, 5) is 0.